The van der Waals surface area contributed by atoms with Gasteiger partial charge in [-0.1, -0.05) is 17.8 Å². The van der Waals surface area contributed by atoms with Gasteiger partial charge in [-0.05, 0) is 31.0 Å². The van der Waals surface area contributed by atoms with Gasteiger partial charge in [-0.15, -0.1) is 10.2 Å². The van der Waals surface area contributed by atoms with E-state index < -0.39 is 0 Å². The Morgan fingerprint density at radius 2 is 2.21 bits per heavy atom. The van der Waals surface area contributed by atoms with Gasteiger partial charge < -0.3 is 14.1 Å². The van der Waals surface area contributed by atoms with E-state index >= 15 is 0 Å². The van der Waals surface area contributed by atoms with Gasteiger partial charge in [0.15, 0.2) is 11.0 Å². The lowest BCUT2D eigenvalue weighted by Crippen LogP contribution is -2.02. The summed E-state index contributed by atoms with van der Waals surface area (Å²) in [5, 5.41) is 18.3. The second-order valence-electron chi connectivity index (χ2n) is 5.60. The van der Waals surface area contributed by atoms with E-state index in [4.69, 9.17) is 4.42 Å². The number of nitrogens with zero attached hydrogens (tertiary/aromatic N) is 4. The molecule has 0 saturated heterocycles. The zero-order chi connectivity index (χ0) is 16.5. The van der Waals surface area contributed by atoms with Crippen LogP contribution >= 0.6 is 11.8 Å². The number of hydrogen-bond donors (Lipinski definition) is 1. The molecule has 1 saturated carbocycles. The van der Waals surface area contributed by atoms with Crippen LogP contribution in [-0.4, -0.2) is 24.9 Å². The molecule has 1 aliphatic rings. The van der Waals surface area contributed by atoms with Crippen molar-refractivity contribution in [1.82, 2.24) is 19.7 Å². The zero-order valence-corrected chi connectivity index (χ0v) is 13.5. The highest BCUT2D eigenvalue weighted by atomic mass is 32.2. The smallest absolute Gasteiger partial charge is 0.226 e. The molecule has 0 bridgehead atoms. The topological polar surface area (TPSA) is 77.0 Å². The van der Waals surface area contributed by atoms with Crippen LogP contribution in [0.2, 0.25) is 0 Å². The van der Waals surface area contributed by atoms with Crippen molar-refractivity contribution in [2.45, 2.75) is 36.4 Å². The van der Waals surface area contributed by atoms with E-state index in [1.807, 2.05) is 4.57 Å². The fourth-order valence-corrected chi connectivity index (χ4v) is 3.38. The van der Waals surface area contributed by atoms with Gasteiger partial charge in [0, 0.05) is 17.4 Å². The number of benzene rings is 1. The first-order valence-corrected chi connectivity index (χ1v) is 8.61. The lowest BCUT2D eigenvalue weighted by atomic mass is 10.2. The minimum absolute atomic E-state index is 0.113. The Morgan fingerprint density at radius 1 is 1.33 bits per heavy atom. The Kier molecular flexibility index (Phi) is 4.07. The molecule has 1 fully saturated rings. The number of thioether (sulfide) groups is 1. The maximum atomic E-state index is 13.3. The van der Waals surface area contributed by atoms with Gasteiger partial charge in [0.25, 0.3) is 0 Å². The SMILES string of the molecule is OCc1nnc(SCc2coc(-c3cccc(F)c3)n2)n1C1CC1. The van der Waals surface area contributed by atoms with E-state index in [1.54, 1.807) is 18.4 Å². The summed E-state index contributed by atoms with van der Waals surface area (Å²) in [5.74, 6) is 1.23. The molecule has 124 valence electrons. The highest BCUT2D eigenvalue weighted by molar-refractivity contribution is 7.98. The molecular formula is C16H15FN4O2S. The second-order valence-corrected chi connectivity index (χ2v) is 6.54. The number of rotatable bonds is 6. The number of oxazole rings is 1. The molecule has 0 atom stereocenters. The molecule has 2 aromatic heterocycles. The monoisotopic (exact) mass is 346 g/mol. The summed E-state index contributed by atoms with van der Waals surface area (Å²) in [7, 11) is 0. The molecule has 6 nitrogen and oxygen atoms in total. The summed E-state index contributed by atoms with van der Waals surface area (Å²) in [6, 6.07) is 6.54. The van der Waals surface area contributed by atoms with Gasteiger partial charge in [0.1, 0.15) is 18.7 Å². The van der Waals surface area contributed by atoms with Crippen LogP contribution in [0.3, 0.4) is 0 Å². The maximum Gasteiger partial charge on any atom is 0.226 e. The van der Waals surface area contributed by atoms with Crippen LogP contribution in [0, 0.1) is 5.82 Å². The average Bonchev–Trinajstić information content (AvgIpc) is 3.17. The van der Waals surface area contributed by atoms with Crippen LogP contribution in [-0.2, 0) is 12.4 Å². The molecule has 1 aliphatic carbocycles. The van der Waals surface area contributed by atoms with Crippen molar-refractivity contribution in [3.63, 3.8) is 0 Å². The third-order valence-corrected chi connectivity index (χ3v) is 4.74. The average molecular weight is 346 g/mol. The Morgan fingerprint density at radius 3 is 2.96 bits per heavy atom. The van der Waals surface area contributed by atoms with E-state index in [0.717, 1.165) is 23.7 Å². The lowest BCUT2D eigenvalue weighted by Gasteiger charge is -2.05. The maximum absolute atomic E-state index is 13.3. The minimum atomic E-state index is -0.323. The van der Waals surface area contributed by atoms with Gasteiger partial charge >= 0.3 is 0 Å². The van der Waals surface area contributed by atoms with Gasteiger partial charge in [0.2, 0.25) is 5.89 Å². The van der Waals surface area contributed by atoms with E-state index in [9.17, 15) is 9.50 Å². The normalized spacial score (nSPS) is 14.2. The van der Waals surface area contributed by atoms with Crippen LogP contribution in [0.5, 0.6) is 0 Å². The van der Waals surface area contributed by atoms with Crippen LogP contribution in [0.25, 0.3) is 11.5 Å². The molecule has 0 radical (unpaired) electrons. The highest BCUT2D eigenvalue weighted by Crippen LogP contribution is 2.39. The summed E-state index contributed by atoms with van der Waals surface area (Å²) < 4.78 is 20.7. The molecule has 2 heterocycles. The fraction of sp³-hybridized carbons (Fsp3) is 0.312. The van der Waals surface area contributed by atoms with Crippen molar-refractivity contribution in [2.24, 2.45) is 0 Å². The van der Waals surface area contributed by atoms with Gasteiger partial charge in [-0.25, -0.2) is 9.37 Å². The van der Waals surface area contributed by atoms with E-state index in [-0.39, 0.29) is 12.4 Å². The highest BCUT2D eigenvalue weighted by Gasteiger charge is 2.29. The predicted molar refractivity (Wildman–Crippen MR) is 85.7 cm³/mol. The molecule has 4 rings (SSSR count). The first-order chi connectivity index (χ1) is 11.7. The first kappa shape index (κ1) is 15.3. The number of aromatic nitrogens is 4. The minimum Gasteiger partial charge on any atom is -0.444 e. The molecule has 0 aliphatic heterocycles. The number of aliphatic hydroxyl groups is 1. The van der Waals surface area contributed by atoms with Crippen LogP contribution in [0.4, 0.5) is 4.39 Å². The lowest BCUT2D eigenvalue weighted by molar-refractivity contribution is 0.263. The zero-order valence-electron chi connectivity index (χ0n) is 12.7. The van der Waals surface area contributed by atoms with Gasteiger partial charge in [0.05, 0.1) is 5.69 Å². The molecule has 0 spiro atoms. The van der Waals surface area contributed by atoms with E-state index in [0.29, 0.717) is 29.1 Å². The Hall–Kier alpha value is -2.19. The Labute approximate surface area is 141 Å². The van der Waals surface area contributed by atoms with Crippen molar-refractivity contribution < 1.29 is 13.9 Å². The molecule has 0 unspecified atom stereocenters. The van der Waals surface area contributed by atoms with Crippen LogP contribution in [0.15, 0.2) is 40.1 Å². The number of halogens is 1. The molecule has 24 heavy (non-hydrogen) atoms. The Balaban J connectivity index is 1.48. The third-order valence-electron chi connectivity index (χ3n) is 3.76. The van der Waals surface area contributed by atoms with Crippen LogP contribution in [0.1, 0.15) is 30.4 Å². The van der Waals surface area contributed by atoms with Crippen molar-refractivity contribution >= 4 is 11.8 Å². The van der Waals surface area contributed by atoms with E-state index in [2.05, 4.69) is 15.2 Å². The first-order valence-electron chi connectivity index (χ1n) is 7.62. The molecular weight excluding hydrogens is 331 g/mol. The molecule has 3 aromatic rings. The predicted octanol–water partition coefficient (Wildman–Crippen LogP) is 3.19. The summed E-state index contributed by atoms with van der Waals surface area (Å²) in [6.45, 7) is -0.113. The van der Waals surface area contributed by atoms with E-state index in [1.165, 1.54) is 23.9 Å². The second kappa shape index (κ2) is 6.37. The van der Waals surface area contributed by atoms with Gasteiger partial charge in [-0.3, -0.25) is 0 Å². The summed E-state index contributed by atoms with van der Waals surface area (Å²) in [6.07, 6.45) is 3.75. The van der Waals surface area contributed by atoms with Crippen molar-refractivity contribution in [3.8, 4) is 11.5 Å². The van der Waals surface area contributed by atoms with Crippen molar-refractivity contribution in [1.29, 1.82) is 0 Å². The molecule has 1 N–H and O–H groups in total. The van der Waals surface area contributed by atoms with Crippen molar-refractivity contribution in [2.75, 3.05) is 0 Å². The summed E-state index contributed by atoms with van der Waals surface area (Å²) >= 11 is 1.50. The van der Waals surface area contributed by atoms with Crippen molar-refractivity contribution in [3.05, 3.63) is 47.9 Å². The fourth-order valence-electron chi connectivity index (χ4n) is 2.48. The third kappa shape index (κ3) is 3.07. The molecule has 8 heteroatoms. The Bertz CT molecular complexity index is 859. The number of aliphatic hydroxyl groups excluding tert-OH is 1. The van der Waals surface area contributed by atoms with Crippen LogP contribution < -0.4 is 0 Å². The quantitative estimate of drug-likeness (QED) is 0.691. The van der Waals surface area contributed by atoms with Gasteiger partial charge in [-0.2, -0.15) is 0 Å². The molecule has 1 aromatic carbocycles. The number of hydrogen-bond acceptors (Lipinski definition) is 6. The summed E-state index contributed by atoms with van der Waals surface area (Å²) in [5.41, 5.74) is 1.35. The summed E-state index contributed by atoms with van der Waals surface area (Å²) in [4.78, 5) is 4.39. The standard InChI is InChI=1S/C16H15FN4O2S/c17-11-3-1-2-10(6-11)15-18-12(8-23-15)9-24-16-20-19-14(7-22)21(16)13-4-5-13/h1-3,6,8,13,22H,4-5,7,9H2. The molecule has 0 amide bonds. The largest absolute Gasteiger partial charge is 0.444 e.